The topological polar surface area (TPSA) is 0 Å². The first kappa shape index (κ1) is 14.4. The highest BCUT2D eigenvalue weighted by molar-refractivity contribution is 6.47. The van der Waals surface area contributed by atoms with E-state index in [1.54, 1.807) is 0 Å². The van der Waals surface area contributed by atoms with Gasteiger partial charge in [0, 0.05) is 0 Å². The normalized spacial score (nSPS) is 13.0. The van der Waals surface area contributed by atoms with Gasteiger partial charge in [-0.3, -0.25) is 0 Å². The van der Waals surface area contributed by atoms with Crippen LogP contribution in [0.15, 0.2) is 78.9 Å². The second kappa shape index (κ2) is 4.50. The molecular weight excluding hydrogens is 348 g/mol. The predicted octanol–water partition coefficient (Wildman–Crippen LogP) is 8.38. The summed E-state index contributed by atoms with van der Waals surface area (Å²) in [6.45, 7) is 2.23. The molecule has 0 aliphatic heterocycles. The van der Waals surface area contributed by atoms with E-state index < -0.39 is 0 Å². The molecule has 0 atom stereocenters. The lowest BCUT2D eigenvalue weighted by Gasteiger charge is -2.22. The maximum Gasteiger partial charge on any atom is -0.000138 e. The Morgan fingerprint density at radius 2 is 0.897 bits per heavy atom. The molecule has 0 nitrogen and oxygen atoms in total. The van der Waals surface area contributed by atoms with Crippen LogP contribution in [0, 0.1) is 6.92 Å². The molecule has 0 saturated heterocycles. The predicted molar refractivity (Wildman–Crippen MR) is 127 cm³/mol. The molecular formula is C29H16. The fourth-order valence-electron chi connectivity index (χ4n) is 6.04. The van der Waals surface area contributed by atoms with Crippen LogP contribution in [-0.4, -0.2) is 0 Å². The molecule has 0 radical (unpaired) electrons. The van der Waals surface area contributed by atoms with Crippen LogP contribution in [0.2, 0.25) is 0 Å². The van der Waals surface area contributed by atoms with Gasteiger partial charge in [0.05, 0.1) is 0 Å². The molecule has 8 rings (SSSR count). The van der Waals surface area contributed by atoms with Crippen LogP contribution in [0.4, 0.5) is 0 Å². The largest absolute Gasteiger partial charge is 0.0610 e. The summed E-state index contributed by atoms with van der Waals surface area (Å²) >= 11 is 0. The van der Waals surface area contributed by atoms with E-state index in [1.807, 2.05) is 0 Å². The molecule has 0 N–H and O–H groups in total. The van der Waals surface area contributed by atoms with Gasteiger partial charge >= 0.3 is 0 Å². The molecule has 0 aliphatic rings. The van der Waals surface area contributed by atoms with E-state index in [9.17, 15) is 0 Å². The first-order chi connectivity index (χ1) is 14.3. The third-order valence-corrected chi connectivity index (χ3v) is 7.08. The molecule has 0 aliphatic carbocycles. The summed E-state index contributed by atoms with van der Waals surface area (Å²) in [4.78, 5) is 0. The minimum absolute atomic E-state index is 1.33. The molecule has 0 spiro atoms. The smallest absolute Gasteiger partial charge is 0.000138 e. The Morgan fingerprint density at radius 1 is 0.379 bits per heavy atom. The van der Waals surface area contributed by atoms with Gasteiger partial charge in [-0.05, 0) is 94.0 Å². The standard InChI is InChI=1S/C29H16/c1-15-12-22-20-6-2-4-16-8-10-18-14-19-11-9-17-5-3-7-21-23(13-15)28(22)29(26(18)24(16)20)27(19)25(17)21/h2-14H,1H3. The SMILES string of the molecule is Cc1cc2c3cccc4ccc5cc6ccc7cccc8c(c1)c2c(c5c43)c6c78. The molecule has 8 aromatic rings. The van der Waals surface area contributed by atoms with Crippen LogP contribution < -0.4 is 0 Å². The van der Waals surface area contributed by atoms with E-state index in [1.165, 1.54) is 81.0 Å². The molecule has 0 fully saturated rings. The average molecular weight is 364 g/mol. The van der Waals surface area contributed by atoms with E-state index >= 15 is 0 Å². The number of hydrogen-bond acceptors (Lipinski definition) is 0. The molecule has 0 bridgehead atoms. The van der Waals surface area contributed by atoms with Crippen LogP contribution >= 0.6 is 0 Å². The molecule has 29 heavy (non-hydrogen) atoms. The van der Waals surface area contributed by atoms with Crippen molar-refractivity contribution in [2.75, 3.05) is 0 Å². The summed E-state index contributed by atoms with van der Waals surface area (Å²) in [6.07, 6.45) is 0. The molecule has 0 saturated carbocycles. The van der Waals surface area contributed by atoms with Gasteiger partial charge in [-0.25, -0.2) is 0 Å². The van der Waals surface area contributed by atoms with E-state index in [0.717, 1.165) is 0 Å². The first-order valence-corrected chi connectivity index (χ1v) is 10.3. The van der Waals surface area contributed by atoms with Crippen LogP contribution in [0.5, 0.6) is 0 Å². The zero-order valence-corrected chi connectivity index (χ0v) is 16.0. The zero-order chi connectivity index (χ0) is 18.9. The van der Waals surface area contributed by atoms with Crippen molar-refractivity contribution < 1.29 is 0 Å². The van der Waals surface area contributed by atoms with Crippen molar-refractivity contribution in [3.05, 3.63) is 84.4 Å². The van der Waals surface area contributed by atoms with E-state index in [-0.39, 0.29) is 0 Å². The van der Waals surface area contributed by atoms with Gasteiger partial charge in [-0.1, -0.05) is 72.8 Å². The second-order valence-electron chi connectivity index (χ2n) is 8.62. The lowest BCUT2D eigenvalue weighted by molar-refractivity contribution is 1.53. The van der Waals surface area contributed by atoms with Crippen LogP contribution in [0.3, 0.4) is 0 Å². The van der Waals surface area contributed by atoms with Gasteiger partial charge in [-0.15, -0.1) is 0 Å². The van der Waals surface area contributed by atoms with Crippen molar-refractivity contribution in [2.24, 2.45) is 0 Å². The van der Waals surface area contributed by atoms with Crippen LogP contribution in [0.1, 0.15) is 5.56 Å². The van der Waals surface area contributed by atoms with E-state index in [0.29, 0.717) is 0 Å². The highest BCUT2D eigenvalue weighted by atomic mass is 14.2. The number of benzene rings is 8. The Balaban J connectivity index is 1.96. The minimum Gasteiger partial charge on any atom is -0.0610 e. The number of fused-ring (bicyclic) bond motifs is 2. The summed E-state index contributed by atoms with van der Waals surface area (Å²) in [6, 6.07) is 29.9. The Morgan fingerprint density at radius 3 is 1.45 bits per heavy atom. The van der Waals surface area contributed by atoms with Crippen molar-refractivity contribution in [1.82, 2.24) is 0 Å². The van der Waals surface area contributed by atoms with Gasteiger partial charge in [0.25, 0.3) is 0 Å². The monoisotopic (exact) mass is 364 g/mol. The Labute approximate surface area is 167 Å². The van der Waals surface area contributed by atoms with Crippen LogP contribution in [-0.2, 0) is 0 Å². The summed E-state index contributed by atoms with van der Waals surface area (Å²) < 4.78 is 0. The van der Waals surface area contributed by atoms with E-state index in [2.05, 4.69) is 85.8 Å². The number of aryl methyl sites for hydroxylation is 1. The maximum atomic E-state index is 2.39. The minimum atomic E-state index is 1.33. The van der Waals surface area contributed by atoms with Crippen molar-refractivity contribution in [3.8, 4) is 0 Å². The van der Waals surface area contributed by atoms with Gasteiger partial charge in [-0.2, -0.15) is 0 Å². The summed E-state index contributed by atoms with van der Waals surface area (Å²) in [5.74, 6) is 0. The fourth-order valence-corrected chi connectivity index (χ4v) is 6.04. The van der Waals surface area contributed by atoms with Crippen molar-refractivity contribution in [1.29, 1.82) is 0 Å². The third kappa shape index (κ3) is 1.49. The Bertz CT molecular complexity index is 1770. The third-order valence-electron chi connectivity index (χ3n) is 7.08. The summed E-state index contributed by atoms with van der Waals surface area (Å²) in [5, 5.41) is 19.5. The van der Waals surface area contributed by atoms with E-state index in [4.69, 9.17) is 0 Å². The molecule has 0 unspecified atom stereocenters. The van der Waals surface area contributed by atoms with Crippen molar-refractivity contribution >= 4 is 75.4 Å². The molecule has 132 valence electrons. The van der Waals surface area contributed by atoms with Gasteiger partial charge in [0.15, 0.2) is 0 Å². The maximum absolute atomic E-state index is 2.39. The first-order valence-electron chi connectivity index (χ1n) is 10.3. The molecule has 0 heterocycles. The van der Waals surface area contributed by atoms with Gasteiger partial charge < -0.3 is 0 Å². The Kier molecular flexibility index (Phi) is 2.23. The Hall–Kier alpha value is -3.64. The average Bonchev–Trinajstić information content (AvgIpc) is 2.76. The van der Waals surface area contributed by atoms with Gasteiger partial charge in [0.1, 0.15) is 0 Å². The molecule has 0 aromatic heterocycles. The van der Waals surface area contributed by atoms with Crippen LogP contribution in [0.25, 0.3) is 75.4 Å². The lowest BCUT2D eigenvalue weighted by atomic mass is 9.81. The quantitative estimate of drug-likeness (QED) is 0.187. The molecule has 0 amide bonds. The second-order valence-corrected chi connectivity index (χ2v) is 8.62. The summed E-state index contributed by atoms with van der Waals surface area (Å²) in [5.41, 5.74) is 1.33. The van der Waals surface area contributed by atoms with Crippen molar-refractivity contribution in [2.45, 2.75) is 6.92 Å². The molecule has 8 aromatic carbocycles. The zero-order valence-electron chi connectivity index (χ0n) is 16.0. The summed E-state index contributed by atoms with van der Waals surface area (Å²) in [7, 11) is 0. The highest BCUT2D eigenvalue weighted by Crippen LogP contribution is 2.50. The van der Waals surface area contributed by atoms with Crippen molar-refractivity contribution in [3.63, 3.8) is 0 Å². The fraction of sp³-hybridized carbons (Fsp3) is 0.0345. The lowest BCUT2D eigenvalue weighted by Crippen LogP contribution is -1.94. The highest BCUT2D eigenvalue weighted by Gasteiger charge is 2.21. The number of rotatable bonds is 0. The van der Waals surface area contributed by atoms with Gasteiger partial charge in [0.2, 0.25) is 0 Å². The molecule has 0 heteroatoms. The number of hydrogen-bond donors (Lipinski definition) is 0.